The van der Waals surface area contributed by atoms with Crippen LogP contribution < -0.4 is 10.6 Å². The van der Waals surface area contributed by atoms with E-state index in [1.165, 1.54) is 0 Å². The lowest BCUT2D eigenvalue weighted by atomic mass is 10.1. The SMILES string of the molecule is Cc1cnc(Nc2cnn(C3CCN(C)CC3)c2)nc1-c1ccc(NCC2(C#N)CC2)cc1. The molecule has 3 aromatic rings. The average Bonchev–Trinajstić information content (AvgIpc) is 3.49. The van der Waals surface area contributed by atoms with Crippen LogP contribution in [0.15, 0.2) is 42.9 Å². The van der Waals surface area contributed by atoms with Crippen LogP contribution in [-0.4, -0.2) is 51.3 Å². The maximum absolute atomic E-state index is 9.25. The number of nitriles is 1. The quantitative estimate of drug-likeness (QED) is 0.561. The van der Waals surface area contributed by atoms with Gasteiger partial charge in [-0.1, -0.05) is 12.1 Å². The van der Waals surface area contributed by atoms with Gasteiger partial charge in [0.25, 0.3) is 0 Å². The lowest BCUT2D eigenvalue weighted by Gasteiger charge is -2.28. The highest BCUT2D eigenvalue weighted by Crippen LogP contribution is 2.44. The molecule has 5 rings (SSSR count). The van der Waals surface area contributed by atoms with Crippen molar-refractivity contribution in [2.75, 3.05) is 37.3 Å². The molecule has 3 heterocycles. The average molecular weight is 443 g/mol. The van der Waals surface area contributed by atoms with Crippen molar-refractivity contribution in [2.24, 2.45) is 5.41 Å². The second kappa shape index (κ2) is 8.83. The van der Waals surface area contributed by atoms with E-state index >= 15 is 0 Å². The summed E-state index contributed by atoms with van der Waals surface area (Å²) in [5.74, 6) is 0.561. The zero-order chi connectivity index (χ0) is 22.8. The number of hydrogen-bond donors (Lipinski definition) is 2. The summed E-state index contributed by atoms with van der Waals surface area (Å²) in [6, 6.07) is 11.1. The normalized spacial score (nSPS) is 18.0. The topological polar surface area (TPSA) is 94.7 Å². The summed E-state index contributed by atoms with van der Waals surface area (Å²) in [5.41, 5.74) is 4.71. The summed E-state index contributed by atoms with van der Waals surface area (Å²) in [6.45, 7) is 4.93. The Bertz CT molecular complexity index is 1150. The zero-order valence-corrected chi connectivity index (χ0v) is 19.3. The number of piperidine rings is 1. The molecule has 0 bridgehead atoms. The molecule has 1 aliphatic heterocycles. The number of hydrogen-bond acceptors (Lipinski definition) is 7. The molecule has 0 radical (unpaired) electrons. The van der Waals surface area contributed by atoms with E-state index in [-0.39, 0.29) is 5.41 Å². The zero-order valence-electron chi connectivity index (χ0n) is 19.3. The van der Waals surface area contributed by atoms with Gasteiger partial charge in [0, 0.05) is 30.2 Å². The first-order chi connectivity index (χ1) is 16.0. The summed E-state index contributed by atoms with van der Waals surface area (Å²) in [4.78, 5) is 11.6. The number of likely N-dealkylation sites (tertiary alicyclic amines) is 1. The van der Waals surface area contributed by atoms with Gasteiger partial charge in [-0.2, -0.15) is 10.4 Å². The Morgan fingerprint density at radius 2 is 1.88 bits per heavy atom. The molecular formula is C25H30N8. The first-order valence-electron chi connectivity index (χ1n) is 11.6. The Balaban J connectivity index is 1.26. The number of nitrogens with zero attached hydrogens (tertiary/aromatic N) is 6. The Hall–Kier alpha value is -3.44. The molecule has 1 aromatic carbocycles. The van der Waals surface area contributed by atoms with Crippen LogP contribution in [-0.2, 0) is 0 Å². The first kappa shape index (κ1) is 21.4. The third-order valence-electron chi connectivity index (χ3n) is 6.77. The fraction of sp³-hybridized carbons (Fsp3) is 0.440. The Morgan fingerprint density at radius 3 is 2.58 bits per heavy atom. The molecular weight excluding hydrogens is 412 g/mol. The minimum absolute atomic E-state index is 0.163. The fourth-order valence-electron chi connectivity index (χ4n) is 4.28. The van der Waals surface area contributed by atoms with E-state index in [1.807, 2.05) is 37.6 Å². The van der Waals surface area contributed by atoms with Crippen LogP contribution in [0, 0.1) is 23.7 Å². The van der Waals surface area contributed by atoms with Crippen LogP contribution in [0.2, 0.25) is 0 Å². The molecule has 0 unspecified atom stereocenters. The summed E-state index contributed by atoms with van der Waals surface area (Å²) < 4.78 is 2.06. The monoisotopic (exact) mass is 442 g/mol. The Kier molecular flexibility index (Phi) is 5.73. The van der Waals surface area contributed by atoms with E-state index in [0.717, 1.165) is 67.0 Å². The predicted octanol–water partition coefficient (Wildman–Crippen LogP) is 4.37. The number of aromatic nitrogens is 4. The lowest BCUT2D eigenvalue weighted by molar-refractivity contribution is 0.212. The summed E-state index contributed by atoms with van der Waals surface area (Å²) in [7, 11) is 2.17. The van der Waals surface area contributed by atoms with E-state index in [0.29, 0.717) is 18.5 Å². The minimum atomic E-state index is -0.163. The number of rotatable bonds is 7. The van der Waals surface area contributed by atoms with Crippen LogP contribution in [0.1, 0.15) is 37.3 Å². The van der Waals surface area contributed by atoms with Gasteiger partial charge in [0.2, 0.25) is 5.95 Å². The highest BCUT2D eigenvalue weighted by atomic mass is 15.3. The molecule has 0 atom stereocenters. The molecule has 2 fully saturated rings. The van der Waals surface area contributed by atoms with Crippen molar-refractivity contribution in [3.05, 3.63) is 48.4 Å². The highest BCUT2D eigenvalue weighted by molar-refractivity contribution is 5.67. The van der Waals surface area contributed by atoms with Gasteiger partial charge in [0.15, 0.2) is 0 Å². The van der Waals surface area contributed by atoms with Gasteiger partial charge in [-0.15, -0.1) is 0 Å². The van der Waals surface area contributed by atoms with Crippen LogP contribution in [0.4, 0.5) is 17.3 Å². The fourth-order valence-corrected chi connectivity index (χ4v) is 4.28. The molecule has 1 saturated carbocycles. The number of nitrogens with one attached hydrogen (secondary N) is 2. The van der Waals surface area contributed by atoms with Crippen molar-refractivity contribution < 1.29 is 0 Å². The van der Waals surface area contributed by atoms with E-state index < -0.39 is 0 Å². The van der Waals surface area contributed by atoms with E-state index in [2.05, 4.69) is 55.5 Å². The van der Waals surface area contributed by atoms with Crippen molar-refractivity contribution in [2.45, 2.75) is 38.6 Å². The summed E-state index contributed by atoms with van der Waals surface area (Å²) >= 11 is 0. The molecule has 1 saturated heterocycles. The van der Waals surface area contributed by atoms with Crippen molar-refractivity contribution in [3.63, 3.8) is 0 Å². The molecule has 0 spiro atoms. The van der Waals surface area contributed by atoms with E-state index in [4.69, 9.17) is 4.98 Å². The lowest BCUT2D eigenvalue weighted by Crippen LogP contribution is -2.31. The van der Waals surface area contributed by atoms with Crippen molar-refractivity contribution in [3.8, 4) is 17.3 Å². The number of benzene rings is 1. The van der Waals surface area contributed by atoms with Gasteiger partial charge in [0.05, 0.1) is 35.1 Å². The van der Waals surface area contributed by atoms with Gasteiger partial charge in [-0.25, -0.2) is 9.97 Å². The predicted molar refractivity (Wildman–Crippen MR) is 129 cm³/mol. The minimum Gasteiger partial charge on any atom is -0.383 e. The van der Waals surface area contributed by atoms with E-state index in [1.54, 1.807) is 0 Å². The smallest absolute Gasteiger partial charge is 0.227 e. The summed E-state index contributed by atoms with van der Waals surface area (Å²) in [5, 5.41) is 20.5. The van der Waals surface area contributed by atoms with Crippen molar-refractivity contribution in [1.82, 2.24) is 24.6 Å². The van der Waals surface area contributed by atoms with Gasteiger partial charge >= 0.3 is 0 Å². The molecule has 2 aromatic heterocycles. The Morgan fingerprint density at radius 1 is 1.12 bits per heavy atom. The maximum atomic E-state index is 9.25. The number of anilines is 3. The molecule has 2 aliphatic rings. The van der Waals surface area contributed by atoms with Crippen LogP contribution in [0.25, 0.3) is 11.3 Å². The van der Waals surface area contributed by atoms with Crippen LogP contribution >= 0.6 is 0 Å². The first-order valence-corrected chi connectivity index (χ1v) is 11.6. The molecule has 33 heavy (non-hydrogen) atoms. The van der Waals surface area contributed by atoms with Crippen molar-refractivity contribution in [1.29, 1.82) is 5.26 Å². The van der Waals surface area contributed by atoms with Gasteiger partial charge in [-0.3, -0.25) is 4.68 Å². The molecule has 8 heteroatoms. The molecule has 0 amide bonds. The molecule has 8 nitrogen and oxygen atoms in total. The second-order valence-corrected chi connectivity index (χ2v) is 9.42. The standard InChI is InChI=1S/C25H30N8/c1-18-13-27-24(30-21-14-29-33(15-21)22-7-11-32(2)12-8-22)31-23(18)19-3-5-20(6-4-19)28-17-25(16-26)9-10-25/h3-6,13-15,22,28H,7-12,17H2,1-2H3,(H,27,30,31). The molecule has 2 N–H and O–H groups in total. The highest BCUT2D eigenvalue weighted by Gasteiger charge is 2.42. The number of aryl methyl sites for hydroxylation is 1. The summed E-state index contributed by atoms with van der Waals surface area (Å²) in [6.07, 6.45) is 9.95. The van der Waals surface area contributed by atoms with Gasteiger partial charge in [-0.05, 0) is 70.4 Å². The van der Waals surface area contributed by atoms with Crippen molar-refractivity contribution >= 4 is 17.3 Å². The molecule has 1 aliphatic carbocycles. The third kappa shape index (κ3) is 4.83. The van der Waals surface area contributed by atoms with Crippen LogP contribution in [0.5, 0.6) is 0 Å². The molecule has 170 valence electrons. The second-order valence-electron chi connectivity index (χ2n) is 9.42. The Labute approximate surface area is 194 Å². The maximum Gasteiger partial charge on any atom is 0.227 e. The third-order valence-corrected chi connectivity index (χ3v) is 6.77. The van der Waals surface area contributed by atoms with E-state index in [9.17, 15) is 5.26 Å². The van der Waals surface area contributed by atoms with Gasteiger partial charge in [0.1, 0.15) is 0 Å². The largest absolute Gasteiger partial charge is 0.383 e. The van der Waals surface area contributed by atoms with Gasteiger partial charge < -0.3 is 15.5 Å². The van der Waals surface area contributed by atoms with Crippen LogP contribution in [0.3, 0.4) is 0 Å².